The average Bonchev–Trinajstić information content (AvgIpc) is 3.18. The SMILES string of the molecule is C#CCOc1c(Cl)cc(/C=C2\C(=O)NC(=O)N(c3ccc4c(c3)OCO4)C2=O)cc1Cl. The van der Waals surface area contributed by atoms with Gasteiger partial charge in [-0.1, -0.05) is 29.1 Å². The van der Waals surface area contributed by atoms with Crippen molar-refractivity contribution in [1.82, 2.24) is 5.32 Å². The van der Waals surface area contributed by atoms with E-state index in [0.717, 1.165) is 4.90 Å². The topological polar surface area (TPSA) is 94.2 Å². The third kappa shape index (κ3) is 3.89. The Morgan fingerprint density at radius 1 is 1.13 bits per heavy atom. The third-order valence-corrected chi connectivity index (χ3v) is 4.91. The van der Waals surface area contributed by atoms with Crippen LogP contribution in [-0.4, -0.2) is 31.2 Å². The van der Waals surface area contributed by atoms with Crippen LogP contribution in [0.5, 0.6) is 17.2 Å². The van der Waals surface area contributed by atoms with Crippen molar-refractivity contribution in [2.45, 2.75) is 0 Å². The van der Waals surface area contributed by atoms with E-state index in [9.17, 15) is 14.4 Å². The van der Waals surface area contributed by atoms with Crippen LogP contribution in [0.15, 0.2) is 35.9 Å². The van der Waals surface area contributed by atoms with E-state index < -0.39 is 17.8 Å². The van der Waals surface area contributed by atoms with Crippen molar-refractivity contribution in [3.05, 3.63) is 51.5 Å². The molecular formula is C21H12Cl2N2O6. The first-order chi connectivity index (χ1) is 14.9. The molecule has 0 radical (unpaired) electrons. The van der Waals surface area contributed by atoms with E-state index in [1.807, 2.05) is 0 Å². The number of barbiturate groups is 1. The molecule has 0 spiro atoms. The van der Waals surface area contributed by atoms with Crippen molar-refractivity contribution in [2.75, 3.05) is 18.3 Å². The normalized spacial score (nSPS) is 16.4. The predicted molar refractivity (Wildman–Crippen MR) is 112 cm³/mol. The lowest BCUT2D eigenvalue weighted by atomic mass is 10.1. The highest BCUT2D eigenvalue weighted by atomic mass is 35.5. The molecule has 2 heterocycles. The number of anilines is 1. The van der Waals surface area contributed by atoms with Crippen LogP contribution in [0.4, 0.5) is 10.5 Å². The van der Waals surface area contributed by atoms with Crippen LogP contribution >= 0.6 is 23.2 Å². The number of amides is 4. The van der Waals surface area contributed by atoms with Gasteiger partial charge in [0.25, 0.3) is 11.8 Å². The molecule has 1 fully saturated rings. The molecule has 1 N–H and O–H groups in total. The second-order valence-corrected chi connectivity index (χ2v) is 7.12. The lowest BCUT2D eigenvalue weighted by molar-refractivity contribution is -0.122. The predicted octanol–water partition coefficient (Wildman–Crippen LogP) is 3.40. The fourth-order valence-electron chi connectivity index (χ4n) is 3.00. The molecule has 10 heteroatoms. The van der Waals surface area contributed by atoms with Gasteiger partial charge in [0.15, 0.2) is 17.2 Å². The number of carbonyl (C=O) groups excluding carboxylic acids is 3. The Morgan fingerprint density at radius 3 is 2.55 bits per heavy atom. The number of imide groups is 2. The van der Waals surface area contributed by atoms with Crippen molar-refractivity contribution in [3.63, 3.8) is 0 Å². The number of carbonyl (C=O) groups is 3. The lowest BCUT2D eigenvalue weighted by Crippen LogP contribution is -2.54. The summed E-state index contributed by atoms with van der Waals surface area (Å²) in [6.07, 6.45) is 6.43. The highest BCUT2D eigenvalue weighted by molar-refractivity contribution is 6.40. The summed E-state index contributed by atoms with van der Waals surface area (Å²) in [5.74, 6) is 1.66. The van der Waals surface area contributed by atoms with Crippen LogP contribution in [0.25, 0.3) is 6.08 Å². The van der Waals surface area contributed by atoms with Crippen molar-refractivity contribution in [1.29, 1.82) is 0 Å². The Kier molecular flexibility index (Phi) is 5.46. The summed E-state index contributed by atoms with van der Waals surface area (Å²) in [7, 11) is 0. The molecule has 4 amide bonds. The van der Waals surface area contributed by atoms with Gasteiger partial charge in [0, 0.05) is 6.07 Å². The van der Waals surface area contributed by atoms with Gasteiger partial charge >= 0.3 is 6.03 Å². The first-order valence-electron chi connectivity index (χ1n) is 8.75. The molecule has 0 unspecified atom stereocenters. The average molecular weight is 459 g/mol. The Labute approximate surface area is 186 Å². The number of ether oxygens (including phenoxy) is 3. The molecule has 1 saturated heterocycles. The second kappa shape index (κ2) is 8.22. The van der Waals surface area contributed by atoms with Gasteiger partial charge in [0.05, 0.1) is 15.7 Å². The minimum Gasteiger partial charge on any atom is -0.478 e. The van der Waals surface area contributed by atoms with E-state index >= 15 is 0 Å². The van der Waals surface area contributed by atoms with Crippen molar-refractivity contribution >= 4 is 52.8 Å². The molecule has 2 aromatic carbocycles. The number of hydrogen-bond donors (Lipinski definition) is 1. The van der Waals surface area contributed by atoms with Gasteiger partial charge in [-0.15, -0.1) is 6.42 Å². The van der Waals surface area contributed by atoms with Gasteiger partial charge in [-0.2, -0.15) is 0 Å². The quantitative estimate of drug-likeness (QED) is 0.428. The van der Waals surface area contributed by atoms with Gasteiger partial charge < -0.3 is 14.2 Å². The molecule has 31 heavy (non-hydrogen) atoms. The molecule has 0 aliphatic carbocycles. The molecular weight excluding hydrogens is 447 g/mol. The number of hydrogen-bond acceptors (Lipinski definition) is 6. The molecule has 0 aromatic heterocycles. The maximum atomic E-state index is 13.0. The van der Waals surface area contributed by atoms with Crippen molar-refractivity contribution in [2.24, 2.45) is 0 Å². The first-order valence-corrected chi connectivity index (χ1v) is 9.51. The number of benzene rings is 2. The van der Waals surface area contributed by atoms with Gasteiger partial charge in [0.1, 0.15) is 12.2 Å². The highest BCUT2D eigenvalue weighted by Crippen LogP contribution is 2.37. The van der Waals surface area contributed by atoms with E-state index in [1.165, 1.54) is 30.3 Å². The van der Waals surface area contributed by atoms with Crippen LogP contribution in [-0.2, 0) is 9.59 Å². The Morgan fingerprint density at radius 2 is 1.84 bits per heavy atom. The number of urea groups is 1. The molecule has 2 aromatic rings. The summed E-state index contributed by atoms with van der Waals surface area (Å²) in [5, 5.41) is 2.42. The summed E-state index contributed by atoms with van der Waals surface area (Å²) in [6, 6.07) is 6.55. The van der Waals surface area contributed by atoms with E-state index in [1.54, 1.807) is 6.07 Å². The van der Waals surface area contributed by atoms with Crippen LogP contribution in [0.3, 0.4) is 0 Å². The van der Waals surface area contributed by atoms with Crippen LogP contribution in [0.2, 0.25) is 10.0 Å². The Bertz CT molecular complexity index is 1180. The fourth-order valence-corrected chi connectivity index (χ4v) is 3.61. The van der Waals surface area contributed by atoms with E-state index in [-0.39, 0.29) is 40.5 Å². The molecule has 2 aliphatic rings. The minimum absolute atomic E-state index is 0.0329. The summed E-state index contributed by atoms with van der Waals surface area (Å²) < 4.78 is 15.8. The number of nitrogens with zero attached hydrogens (tertiary/aromatic N) is 1. The standard InChI is InChI=1S/C21H12Cl2N2O6/c1-2-5-29-18-14(22)7-11(8-15(18)23)6-13-19(26)24-21(28)25(20(13)27)12-3-4-16-17(9-12)31-10-30-16/h1,3-4,6-9H,5,10H2,(H,24,26,28)/b13-6+. The largest absolute Gasteiger partial charge is 0.478 e. The van der Waals surface area contributed by atoms with Crippen LogP contribution in [0.1, 0.15) is 5.56 Å². The maximum Gasteiger partial charge on any atom is 0.335 e. The van der Waals surface area contributed by atoms with Crippen molar-refractivity contribution < 1.29 is 28.6 Å². The number of rotatable bonds is 4. The van der Waals surface area contributed by atoms with Gasteiger partial charge in [-0.05, 0) is 35.9 Å². The lowest BCUT2D eigenvalue weighted by Gasteiger charge is -2.26. The molecule has 0 atom stereocenters. The van der Waals surface area contributed by atoms with Crippen molar-refractivity contribution in [3.8, 4) is 29.6 Å². The second-order valence-electron chi connectivity index (χ2n) is 6.30. The molecule has 2 aliphatic heterocycles. The number of nitrogens with one attached hydrogen (secondary N) is 1. The molecule has 0 saturated carbocycles. The van der Waals surface area contributed by atoms with Crippen LogP contribution in [0, 0.1) is 12.3 Å². The van der Waals surface area contributed by atoms with E-state index in [4.69, 9.17) is 43.8 Å². The summed E-state index contributed by atoms with van der Waals surface area (Å²) in [5.41, 5.74) is 0.266. The Balaban J connectivity index is 1.69. The Hall–Kier alpha value is -3.67. The summed E-state index contributed by atoms with van der Waals surface area (Å²) >= 11 is 12.4. The van der Waals surface area contributed by atoms with Gasteiger partial charge in [-0.3, -0.25) is 14.9 Å². The zero-order valence-corrected chi connectivity index (χ0v) is 17.1. The number of fused-ring (bicyclic) bond motifs is 1. The zero-order chi connectivity index (χ0) is 22.1. The van der Waals surface area contributed by atoms with E-state index in [2.05, 4.69) is 11.2 Å². The minimum atomic E-state index is -0.889. The van der Waals surface area contributed by atoms with Gasteiger partial charge in [-0.25, -0.2) is 9.69 Å². The molecule has 8 nitrogen and oxygen atoms in total. The maximum absolute atomic E-state index is 13.0. The first kappa shape index (κ1) is 20.6. The highest BCUT2D eigenvalue weighted by Gasteiger charge is 2.37. The van der Waals surface area contributed by atoms with Gasteiger partial charge in [0.2, 0.25) is 6.79 Å². The van der Waals surface area contributed by atoms with E-state index in [0.29, 0.717) is 17.1 Å². The zero-order valence-electron chi connectivity index (χ0n) is 15.6. The molecule has 156 valence electrons. The molecule has 0 bridgehead atoms. The molecule has 4 rings (SSSR count). The fraction of sp³-hybridized carbons (Fsp3) is 0.0952. The van der Waals surface area contributed by atoms with Crippen LogP contribution < -0.4 is 24.4 Å². The smallest absolute Gasteiger partial charge is 0.335 e. The number of halogens is 2. The monoisotopic (exact) mass is 458 g/mol. The number of terminal acetylenes is 1. The summed E-state index contributed by atoms with van der Waals surface area (Å²) in [4.78, 5) is 38.6. The third-order valence-electron chi connectivity index (χ3n) is 4.35. The summed E-state index contributed by atoms with van der Waals surface area (Å²) in [6.45, 7) is -0.00148.